The van der Waals surface area contributed by atoms with Crippen molar-refractivity contribution in [3.63, 3.8) is 0 Å². The van der Waals surface area contributed by atoms with Crippen LogP contribution in [0.2, 0.25) is 0 Å². The Morgan fingerprint density at radius 3 is 2.71 bits per heavy atom. The van der Waals surface area contributed by atoms with E-state index in [0.717, 1.165) is 29.4 Å². The van der Waals surface area contributed by atoms with E-state index in [0.29, 0.717) is 12.5 Å². The van der Waals surface area contributed by atoms with Gasteiger partial charge in [0.15, 0.2) is 0 Å². The number of para-hydroxylation sites is 1. The van der Waals surface area contributed by atoms with Gasteiger partial charge < -0.3 is 15.1 Å². The number of rotatable bonds is 6. The van der Waals surface area contributed by atoms with Gasteiger partial charge >= 0.3 is 0 Å². The molecule has 0 aliphatic heterocycles. The Balaban J connectivity index is 1.81. The summed E-state index contributed by atoms with van der Waals surface area (Å²) in [6, 6.07) is 12.0. The molecule has 3 rings (SSSR count). The smallest absolute Gasteiger partial charge is 0.229 e. The summed E-state index contributed by atoms with van der Waals surface area (Å²) < 4.78 is 5.34. The van der Waals surface area contributed by atoms with Crippen LogP contribution in [0.1, 0.15) is 29.5 Å². The minimum atomic E-state index is 0.591. The molecular formula is C19H22N4O. The Kier molecular flexibility index (Phi) is 4.79. The molecule has 0 aliphatic rings. The SMILES string of the molecule is CCc1cccc(C)c1Nc1nc(C)cc(NCc2ccco2)n1. The number of hydrogen-bond donors (Lipinski definition) is 2. The van der Waals surface area contributed by atoms with Crippen LogP contribution in [0, 0.1) is 13.8 Å². The van der Waals surface area contributed by atoms with E-state index in [4.69, 9.17) is 4.42 Å². The highest BCUT2D eigenvalue weighted by molar-refractivity contribution is 5.64. The number of aryl methyl sites for hydroxylation is 3. The van der Waals surface area contributed by atoms with Gasteiger partial charge in [-0.2, -0.15) is 4.98 Å². The Hall–Kier alpha value is -2.82. The van der Waals surface area contributed by atoms with Gasteiger partial charge in [-0.25, -0.2) is 4.98 Å². The number of hydrogen-bond acceptors (Lipinski definition) is 5. The van der Waals surface area contributed by atoms with E-state index >= 15 is 0 Å². The number of benzene rings is 1. The zero-order valence-electron chi connectivity index (χ0n) is 14.3. The van der Waals surface area contributed by atoms with Gasteiger partial charge in [-0.3, -0.25) is 0 Å². The van der Waals surface area contributed by atoms with Gasteiger partial charge in [0.05, 0.1) is 12.8 Å². The van der Waals surface area contributed by atoms with Crippen molar-refractivity contribution in [1.29, 1.82) is 0 Å². The second kappa shape index (κ2) is 7.17. The summed E-state index contributed by atoms with van der Waals surface area (Å²) >= 11 is 0. The van der Waals surface area contributed by atoms with E-state index in [1.54, 1.807) is 6.26 Å². The monoisotopic (exact) mass is 322 g/mol. The predicted octanol–water partition coefficient (Wildman–Crippen LogP) is 4.60. The summed E-state index contributed by atoms with van der Waals surface area (Å²) in [5.41, 5.74) is 4.43. The fraction of sp³-hybridized carbons (Fsp3) is 0.263. The Labute approximate surface area is 142 Å². The molecule has 5 heteroatoms. The van der Waals surface area contributed by atoms with Gasteiger partial charge in [-0.05, 0) is 43.5 Å². The molecule has 0 fully saturated rings. The molecule has 0 atom stereocenters. The van der Waals surface area contributed by atoms with Crippen LogP contribution >= 0.6 is 0 Å². The molecule has 1 aromatic carbocycles. The third-order valence-corrected chi connectivity index (χ3v) is 3.85. The van der Waals surface area contributed by atoms with Crippen LogP contribution in [0.15, 0.2) is 47.1 Å². The molecule has 0 unspecified atom stereocenters. The predicted molar refractivity (Wildman–Crippen MR) is 96.6 cm³/mol. The van der Waals surface area contributed by atoms with Gasteiger partial charge in [0, 0.05) is 17.4 Å². The molecule has 2 aromatic heterocycles. The Bertz CT molecular complexity index is 812. The van der Waals surface area contributed by atoms with Crippen molar-refractivity contribution in [2.45, 2.75) is 33.7 Å². The number of aromatic nitrogens is 2. The highest BCUT2D eigenvalue weighted by atomic mass is 16.3. The summed E-state index contributed by atoms with van der Waals surface area (Å²) in [5, 5.41) is 6.65. The molecule has 24 heavy (non-hydrogen) atoms. The second-order valence-corrected chi connectivity index (χ2v) is 5.74. The molecule has 124 valence electrons. The van der Waals surface area contributed by atoms with Crippen molar-refractivity contribution in [2.75, 3.05) is 10.6 Å². The molecule has 0 amide bonds. The van der Waals surface area contributed by atoms with Crippen LogP contribution in [0.25, 0.3) is 0 Å². The average molecular weight is 322 g/mol. The zero-order valence-corrected chi connectivity index (χ0v) is 14.3. The molecule has 0 saturated heterocycles. The van der Waals surface area contributed by atoms with E-state index in [9.17, 15) is 0 Å². The molecule has 0 spiro atoms. The van der Waals surface area contributed by atoms with E-state index in [1.165, 1.54) is 11.1 Å². The first kappa shape index (κ1) is 16.1. The maximum atomic E-state index is 5.34. The minimum absolute atomic E-state index is 0.591. The summed E-state index contributed by atoms with van der Waals surface area (Å²) in [7, 11) is 0. The number of nitrogens with one attached hydrogen (secondary N) is 2. The lowest BCUT2D eigenvalue weighted by Gasteiger charge is -2.14. The fourth-order valence-electron chi connectivity index (χ4n) is 2.62. The molecule has 0 bridgehead atoms. The standard InChI is InChI=1S/C19H22N4O/c1-4-15-8-5-7-13(2)18(15)23-19-21-14(3)11-17(22-19)20-12-16-9-6-10-24-16/h5-11H,4,12H2,1-3H3,(H2,20,21,22,23). The lowest BCUT2D eigenvalue weighted by molar-refractivity contribution is 0.518. The molecule has 2 heterocycles. The third kappa shape index (κ3) is 3.74. The summed E-state index contributed by atoms with van der Waals surface area (Å²) in [6.07, 6.45) is 2.62. The van der Waals surface area contributed by atoms with Gasteiger partial charge in [0.1, 0.15) is 11.6 Å². The van der Waals surface area contributed by atoms with Crippen LogP contribution in [-0.2, 0) is 13.0 Å². The molecule has 3 aromatic rings. The van der Waals surface area contributed by atoms with Crippen molar-refractivity contribution in [1.82, 2.24) is 9.97 Å². The first-order chi connectivity index (χ1) is 11.7. The molecule has 0 aliphatic carbocycles. The van der Waals surface area contributed by atoms with Crippen LogP contribution in [0.5, 0.6) is 0 Å². The number of furan rings is 1. The Morgan fingerprint density at radius 1 is 1.08 bits per heavy atom. The molecule has 2 N–H and O–H groups in total. The molecular weight excluding hydrogens is 300 g/mol. The van der Waals surface area contributed by atoms with Crippen molar-refractivity contribution < 1.29 is 4.42 Å². The van der Waals surface area contributed by atoms with Crippen LogP contribution in [0.4, 0.5) is 17.5 Å². The van der Waals surface area contributed by atoms with Gasteiger partial charge in [0.25, 0.3) is 0 Å². The highest BCUT2D eigenvalue weighted by Crippen LogP contribution is 2.24. The van der Waals surface area contributed by atoms with Crippen LogP contribution < -0.4 is 10.6 Å². The van der Waals surface area contributed by atoms with Crippen molar-refractivity contribution in [2.24, 2.45) is 0 Å². The number of anilines is 3. The van der Waals surface area contributed by atoms with Gasteiger partial charge in [-0.1, -0.05) is 25.1 Å². The third-order valence-electron chi connectivity index (χ3n) is 3.85. The zero-order chi connectivity index (χ0) is 16.9. The molecule has 0 radical (unpaired) electrons. The minimum Gasteiger partial charge on any atom is -0.467 e. The summed E-state index contributed by atoms with van der Waals surface area (Å²) in [6.45, 7) is 6.79. The van der Waals surface area contributed by atoms with Crippen molar-refractivity contribution in [3.8, 4) is 0 Å². The van der Waals surface area contributed by atoms with Crippen molar-refractivity contribution in [3.05, 3.63) is 65.2 Å². The summed E-state index contributed by atoms with van der Waals surface area (Å²) in [5.74, 6) is 2.24. The maximum absolute atomic E-state index is 5.34. The highest BCUT2D eigenvalue weighted by Gasteiger charge is 2.08. The fourth-order valence-corrected chi connectivity index (χ4v) is 2.62. The van der Waals surface area contributed by atoms with Crippen molar-refractivity contribution >= 4 is 17.5 Å². The second-order valence-electron chi connectivity index (χ2n) is 5.74. The largest absolute Gasteiger partial charge is 0.467 e. The van der Waals surface area contributed by atoms with Gasteiger partial charge in [0.2, 0.25) is 5.95 Å². The molecule has 5 nitrogen and oxygen atoms in total. The van der Waals surface area contributed by atoms with Gasteiger partial charge in [-0.15, -0.1) is 0 Å². The first-order valence-electron chi connectivity index (χ1n) is 8.13. The van der Waals surface area contributed by atoms with E-state index in [1.807, 2.05) is 25.1 Å². The first-order valence-corrected chi connectivity index (χ1v) is 8.13. The lowest BCUT2D eigenvalue weighted by atomic mass is 10.1. The maximum Gasteiger partial charge on any atom is 0.229 e. The normalized spacial score (nSPS) is 10.6. The lowest BCUT2D eigenvalue weighted by Crippen LogP contribution is -2.06. The van der Waals surface area contributed by atoms with Crippen LogP contribution in [0.3, 0.4) is 0 Å². The van der Waals surface area contributed by atoms with E-state index in [2.05, 4.69) is 52.6 Å². The topological polar surface area (TPSA) is 63.0 Å². The average Bonchev–Trinajstić information content (AvgIpc) is 3.08. The summed E-state index contributed by atoms with van der Waals surface area (Å²) in [4.78, 5) is 9.07. The van der Waals surface area contributed by atoms with E-state index < -0.39 is 0 Å². The number of nitrogens with zero attached hydrogens (tertiary/aromatic N) is 2. The van der Waals surface area contributed by atoms with E-state index in [-0.39, 0.29) is 0 Å². The van der Waals surface area contributed by atoms with Crippen LogP contribution in [-0.4, -0.2) is 9.97 Å². The molecule has 0 saturated carbocycles. The Morgan fingerprint density at radius 2 is 1.96 bits per heavy atom. The quantitative estimate of drug-likeness (QED) is 0.694.